The molecule has 3 amide bonds. The van der Waals surface area contributed by atoms with Gasteiger partial charge in [-0.1, -0.05) is 6.92 Å². The summed E-state index contributed by atoms with van der Waals surface area (Å²) in [5, 5.41) is 2.75. The molecule has 164 valence electrons. The second-order valence-electron chi connectivity index (χ2n) is 7.25. The Balaban J connectivity index is 1.45. The summed E-state index contributed by atoms with van der Waals surface area (Å²) in [7, 11) is 0. The number of anilines is 1. The van der Waals surface area contributed by atoms with Gasteiger partial charge in [0.2, 0.25) is 5.91 Å². The number of nitrogens with one attached hydrogen (secondary N) is 3. The number of rotatable bonds is 8. The van der Waals surface area contributed by atoms with Crippen LogP contribution in [-0.2, 0) is 9.53 Å². The third-order valence-corrected chi connectivity index (χ3v) is 4.77. The Morgan fingerprint density at radius 1 is 0.968 bits per heavy atom. The minimum atomic E-state index is -0.462. The Labute approximate surface area is 181 Å². The fraction of sp³-hybridized carbons (Fsp3) is 0.348. The first kappa shape index (κ1) is 22.3. The highest BCUT2D eigenvalue weighted by molar-refractivity contribution is 5.99. The number of hydrazine groups is 1. The van der Waals surface area contributed by atoms with Crippen molar-refractivity contribution in [3.63, 3.8) is 0 Å². The molecule has 0 aromatic heterocycles. The summed E-state index contributed by atoms with van der Waals surface area (Å²) < 4.78 is 11.2. The van der Waals surface area contributed by atoms with Gasteiger partial charge in [-0.25, -0.2) is 0 Å². The molecule has 0 aliphatic carbocycles. The Hall–Kier alpha value is -3.39. The molecule has 1 heterocycles. The van der Waals surface area contributed by atoms with Gasteiger partial charge in [-0.15, -0.1) is 0 Å². The summed E-state index contributed by atoms with van der Waals surface area (Å²) in [6.07, 6.45) is 3.38. The predicted octanol–water partition coefficient (Wildman–Crippen LogP) is 3.06. The lowest BCUT2D eigenvalue weighted by Gasteiger charge is -2.12. The minimum absolute atomic E-state index is 0.0738. The van der Waals surface area contributed by atoms with Crippen molar-refractivity contribution in [2.24, 2.45) is 0 Å². The van der Waals surface area contributed by atoms with Crippen molar-refractivity contribution in [1.29, 1.82) is 0 Å². The van der Waals surface area contributed by atoms with Gasteiger partial charge in [0.15, 0.2) is 0 Å². The number of ether oxygens (including phenoxy) is 2. The summed E-state index contributed by atoms with van der Waals surface area (Å²) >= 11 is 0. The molecule has 8 nitrogen and oxygen atoms in total. The Bertz CT molecular complexity index is 890. The van der Waals surface area contributed by atoms with E-state index in [1.165, 1.54) is 0 Å². The van der Waals surface area contributed by atoms with E-state index in [0.717, 1.165) is 25.9 Å². The minimum Gasteiger partial charge on any atom is -0.491 e. The van der Waals surface area contributed by atoms with E-state index >= 15 is 0 Å². The highest BCUT2D eigenvalue weighted by atomic mass is 16.5. The van der Waals surface area contributed by atoms with Crippen molar-refractivity contribution in [3.8, 4) is 5.75 Å². The van der Waals surface area contributed by atoms with Crippen LogP contribution in [0.15, 0.2) is 48.5 Å². The summed E-state index contributed by atoms with van der Waals surface area (Å²) in [6.45, 7) is 3.19. The smallest absolute Gasteiger partial charge is 0.269 e. The molecule has 0 saturated carbocycles. The zero-order valence-corrected chi connectivity index (χ0v) is 17.5. The lowest BCUT2D eigenvalue weighted by molar-refractivity contribution is -0.116. The zero-order chi connectivity index (χ0) is 22.1. The number of hydrogen-bond donors (Lipinski definition) is 3. The number of hydrogen-bond acceptors (Lipinski definition) is 5. The second kappa shape index (κ2) is 11.1. The van der Waals surface area contributed by atoms with E-state index in [0.29, 0.717) is 35.6 Å². The summed E-state index contributed by atoms with van der Waals surface area (Å²) in [5.41, 5.74) is 6.12. The van der Waals surface area contributed by atoms with Gasteiger partial charge in [-0.3, -0.25) is 25.2 Å². The van der Waals surface area contributed by atoms with Crippen molar-refractivity contribution in [1.82, 2.24) is 10.9 Å². The van der Waals surface area contributed by atoms with Crippen LogP contribution in [0.1, 0.15) is 53.3 Å². The molecule has 3 N–H and O–H groups in total. The van der Waals surface area contributed by atoms with Gasteiger partial charge in [0.05, 0.1) is 6.10 Å². The Morgan fingerprint density at radius 2 is 1.58 bits per heavy atom. The molecule has 0 spiro atoms. The Kier molecular flexibility index (Phi) is 8.00. The van der Waals surface area contributed by atoms with Crippen LogP contribution in [0.2, 0.25) is 0 Å². The molecule has 2 aromatic carbocycles. The van der Waals surface area contributed by atoms with E-state index in [1.807, 2.05) is 6.92 Å². The van der Waals surface area contributed by atoms with Gasteiger partial charge in [0.1, 0.15) is 12.4 Å². The molecule has 31 heavy (non-hydrogen) atoms. The maximum Gasteiger partial charge on any atom is 0.269 e. The fourth-order valence-corrected chi connectivity index (χ4v) is 3.08. The molecule has 1 aliphatic heterocycles. The van der Waals surface area contributed by atoms with Crippen molar-refractivity contribution >= 4 is 23.4 Å². The van der Waals surface area contributed by atoms with E-state index < -0.39 is 11.8 Å². The molecule has 2 aromatic rings. The summed E-state index contributed by atoms with van der Waals surface area (Å²) in [5.74, 6) is -0.323. The monoisotopic (exact) mass is 425 g/mol. The van der Waals surface area contributed by atoms with Crippen molar-refractivity contribution in [2.45, 2.75) is 38.7 Å². The van der Waals surface area contributed by atoms with Crippen LogP contribution < -0.4 is 20.9 Å². The molecule has 1 saturated heterocycles. The molecule has 1 aliphatic rings. The first-order valence-electron chi connectivity index (χ1n) is 10.4. The molecule has 1 fully saturated rings. The van der Waals surface area contributed by atoms with Gasteiger partial charge in [-0.05, 0) is 67.8 Å². The molecular weight excluding hydrogens is 398 g/mol. The van der Waals surface area contributed by atoms with Crippen molar-refractivity contribution in [3.05, 3.63) is 59.7 Å². The highest BCUT2D eigenvalue weighted by Crippen LogP contribution is 2.16. The van der Waals surface area contributed by atoms with Crippen LogP contribution >= 0.6 is 0 Å². The van der Waals surface area contributed by atoms with E-state index in [2.05, 4.69) is 16.2 Å². The first-order valence-corrected chi connectivity index (χ1v) is 10.4. The average molecular weight is 425 g/mol. The number of carbonyl (C=O) groups excluding carboxylic acids is 3. The first-order chi connectivity index (χ1) is 15.0. The molecule has 3 rings (SSSR count). The van der Waals surface area contributed by atoms with Crippen LogP contribution in [-0.4, -0.2) is 37.0 Å². The van der Waals surface area contributed by atoms with Crippen molar-refractivity contribution in [2.75, 3.05) is 18.5 Å². The number of benzene rings is 2. The second-order valence-corrected chi connectivity index (χ2v) is 7.25. The van der Waals surface area contributed by atoms with Gasteiger partial charge in [0, 0.05) is 29.8 Å². The highest BCUT2D eigenvalue weighted by Gasteiger charge is 2.16. The molecule has 8 heteroatoms. The Morgan fingerprint density at radius 3 is 2.13 bits per heavy atom. The van der Waals surface area contributed by atoms with E-state index in [9.17, 15) is 14.4 Å². The summed E-state index contributed by atoms with van der Waals surface area (Å²) in [4.78, 5) is 36.1. The van der Waals surface area contributed by atoms with E-state index in [4.69, 9.17) is 9.47 Å². The molecule has 0 bridgehead atoms. The normalized spacial score (nSPS) is 15.2. The average Bonchev–Trinajstić information content (AvgIpc) is 3.30. The van der Waals surface area contributed by atoms with Crippen LogP contribution in [0, 0.1) is 0 Å². The van der Waals surface area contributed by atoms with Gasteiger partial charge < -0.3 is 14.8 Å². The fourth-order valence-electron chi connectivity index (χ4n) is 3.08. The number of carbonyl (C=O) groups is 3. The van der Waals surface area contributed by atoms with Crippen LogP contribution in [0.25, 0.3) is 0 Å². The third kappa shape index (κ3) is 6.82. The van der Waals surface area contributed by atoms with Gasteiger partial charge >= 0.3 is 0 Å². The topological polar surface area (TPSA) is 106 Å². The lowest BCUT2D eigenvalue weighted by atomic mass is 10.2. The zero-order valence-electron chi connectivity index (χ0n) is 17.5. The molecular formula is C23H27N3O5. The standard InChI is InChI=1S/C23H27N3O5/c1-2-4-21(27)24-18-10-6-16(7-11-18)22(28)25-26-23(29)17-8-12-19(13-9-17)31-15-20-5-3-14-30-20/h6-13,20H,2-5,14-15H2,1H3,(H,24,27)(H,25,28)(H,26,29). The third-order valence-electron chi connectivity index (χ3n) is 4.77. The predicted molar refractivity (Wildman–Crippen MR) is 116 cm³/mol. The van der Waals surface area contributed by atoms with Crippen LogP contribution in [0.3, 0.4) is 0 Å². The van der Waals surface area contributed by atoms with Crippen LogP contribution in [0.4, 0.5) is 5.69 Å². The maximum atomic E-state index is 12.3. The van der Waals surface area contributed by atoms with Gasteiger partial charge in [-0.2, -0.15) is 0 Å². The SMILES string of the molecule is CCCC(=O)Nc1ccc(C(=O)NNC(=O)c2ccc(OCC3CCCO3)cc2)cc1. The van der Waals surface area contributed by atoms with E-state index in [1.54, 1.807) is 48.5 Å². The maximum absolute atomic E-state index is 12.3. The van der Waals surface area contributed by atoms with Crippen LogP contribution in [0.5, 0.6) is 5.75 Å². The largest absolute Gasteiger partial charge is 0.491 e. The van der Waals surface area contributed by atoms with Gasteiger partial charge in [0.25, 0.3) is 11.8 Å². The lowest BCUT2D eigenvalue weighted by Crippen LogP contribution is -2.41. The molecule has 1 unspecified atom stereocenters. The molecule has 0 radical (unpaired) electrons. The van der Waals surface area contributed by atoms with Crippen molar-refractivity contribution < 1.29 is 23.9 Å². The summed E-state index contributed by atoms with van der Waals surface area (Å²) in [6, 6.07) is 13.1. The number of amides is 3. The quantitative estimate of drug-likeness (QED) is 0.564. The van der Waals surface area contributed by atoms with E-state index in [-0.39, 0.29) is 12.0 Å². The molecule has 1 atom stereocenters.